The molecule has 0 fully saturated rings. The Morgan fingerprint density at radius 2 is 2.44 bits per heavy atom. The van der Waals surface area contributed by atoms with Gasteiger partial charge in [0.1, 0.15) is 6.04 Å². The van der Waals surface area contributed by atoms with Crippen molar-refractivity contribution in [2.24, 2.45) is 5.73 Å². The van der Waals surface area contributed by atoms with Gasteiger partial charge in [-0.2, -0.15) is 0 Å². The van der Waals surface area contributed by atoms with Gasteiger partial charge in [-0.3, -0.25) is 9.20 Å². The van der Waals surface area contributed by atoms with Crippen molar-refractivity contribution in [1.82, 2.24) is 9.38 Å². The van der Waals surface area contributed by atoms with Crippen LogP contribution >= 0.6 is 23.1 Å². The van der Waals surface area contributed by atoms with Crippen LogP contribution in [0, 0.1) is 0 Å². The van der Waals surface area contributed by atoms with E-state index < -0.39 is 16.8 Å². The minimum absolute atomic E-state index is 0.525. The molecule has 2 heterocycles. The molecule has 0 radical (unpaired) electrons. The van der Waals surface area contributed by atoms with Crippen molar-refractivity contribution in [3.8, 4) is 0 Å². The standard InChI is InChI=1S/C11H15N3O2S2/c1-11(2,8(12)9(15)16)18-6-7-5-14-3-4-17-10(14)13-7/h3-5,8H,6,12H2,1-2H3,(H,15,16)/t8-/m1/s1. The highest BCUT2D eigenvalue weighted by Gasteiger charge is 2.32. The summed E-state index contributed by atoms with van der Waals surface area (Å²) in [6, 6.07) is -0.883. The quantitative estimate of drug-likeness (QED) is 0.876. The van der Waals surface area contributed by atoms with Crippen LogP contribution in [0.2, 0.25) is 0 Å². The van der Waals surface area contributed by atoms with Gasteiger partial charge in [0, 0.05) is 28.3 Å². The fourth-order valence-corrected chi connectivity index (χ4v) is 3.15. The van der Waals surface area contributed by atoms with Gasteiger partial charge in [0.15, 0.2) is 4.96 Å². The zero-order chi connectivity index (χ0) is 13.3. The molecule has 3 N–H and O–H groups in total. The highest BCUT2D eigenvalue weighted by Crippen LogP contribution is 2.30. The number of aliphatic carboxylic acids is 1. The van der Waals surface area contributed by atoms with E-state index in [1.807, 2.05) is 36.0 Å². The molecule has 0 spiro atoms. The van der Waals surface area contributed by atoms with Crippen molar-refractivity contribution in [2.45, 2.75) is 30.4 Å². The van der Waals surface area contributed by atoms with Gasteiger partial charge in [-0.05, 0) is 13.8 Å². The molecular formula is C11H15N3O2S2. The minimum atomic E-state index is -0.974. The minimum Gasteiger partial charge on any atom is -0.480 e. The van der Waals surface area contributed by atoms with E-state index in [1.165, 1.54) is 11.8 Å². The normalized spacial score (nSPS) is 13.9. The molecule has 0 aliphatic heterocycles. The molecule has 18 heavy (non-hydrogen) atoms. The van der Waals surface area contributed by atoms with Crippen molar-refractivity contribution in [3.05, 3.63) is 23.5 Å². The highest BCUT2D eigenvalue weighted by atomic mass is 32.2. The third-order valence-electron chi connectivity index (χ3n) is 2.75. The van der Waals surface area contributed by atoms with Crippen LogP contribution in [0.4, 0.5) is 0 Å². The molecule has 0 aromatic carbocycles. The molecule has 1 atom stereocenters. The smallest absolute Gasteiger partial charge is 0.321 e. The Hall–Kier alpha value is -1.05. The predicted molar refractivity (Wildman–Crippen MR) is 74.1 cm³/mol. The van der Waals surface area contributed by atoms with Crippen LogP contribution in [0.5, 0.6) is 0 Å². The van der Waals surface area contributed by atoms with Crippen LogP contribution in [-0.4, -0.2) is 31.2 Å². The summed E-state index contributed by atoms with van der Waals surface area (Å²) in [4.78, 5) is 16.3. The van der Waals surface area contributed by atoms with Gasteiger partial charge in [0.25, 0.3) is 0 Å². The average Bonchev–Trinajstić information content (AvgIpc) is 2.85. The Balaban J connectivity index is 2.02. The van der Waals surface area contributed by atoms with Crippen molar-refractivity contribution in [2.75, 3.05) is 0 Å². The summed E-state index contributed by atoms with van der Waals surface area (Å²) < 4.78 is 1.44. The molecule has 0 unspecified atom stereocenters. The van der Waals surface area contributed by atoms with Gasteiger partial charge in [0.05, 0.1) is 5.69 Å². The van der Waals surface area contributed by atoms with E-state index in [1.54, 1.807) is 11.3 Å². The Labute approximate surface area is 113 Å². The van der Waals surface area contributed by atoms with Crippen LogP contribution in [0.3, 0.4) is 0 Å². The van der Waals surface area contributed by atoms with Gasteiger partial charge in [0.2, 0.25) is 0 Å². The summed E-state index contributed by atoms with van der Waals surface area (Å²) in [6.07, 6.45) is 3.91. The van der Waals surface area contributed by atoms with Crippen molar-refractivity contribution < 1.29 is 9.90 Å². The molecular weight excluding hydrogens is 270 g/mol. The first kappa shape index (κ1) is 13.4. The Morgan fingerprint density at radius 3 is 3.06 bits per heavy atom. The van der Waals surface area contributed by atoms with E-state index in [2.05, 4.69) is 4.98 Å². The number of thiazole rings is 1. The molecule has 0 saturated carbocycles. The SMILES string of the molecule is CC(C)(SCc1cn2ccsc2n1)[C@H](N)C(=O)O. The van der Waals surface area contributed by atoms with E-state index in [0.29, 0.717) is 5.75 Å². The van der Waals surface area contributed by atoms with Crippen LogP contribution < -0.4 is 5.73 Å². The van der Waals surface area contributed by atoms with Crippen molar-refractivity contribution in [1.29, 1.82) is 0 Å². The average molecular weight is 285 g/mol. The number of rotatable bonds is 5. The van der Waals surface area contributed by atoms with E-state index in [0.717, 1.165) is 10.7 Å². The maximum absolute atomic E-state index is 10.9. The second-order valence-electron chi connectivity index (χ2n) is 4.53. The number of nitrogens with zero attached hydrogens (tertiary/aromatic N) is 2. The largest absolute Gasteiger partial charge is 0.480 e. The maximum Gasteiger partial charge on any atom is 0.321 e. The number of carboxylic acid groups (broad SMARTS) is 1. The maximum atomic E-state index is 10.9. The number of hydrogen-bond donors (Lipinski definition) is 2. The molecule has 2 aromatic rings. The fraction of sp³-hybridized carbons (Fsp3) is 0.455. The van der Waals surface area contributed by atoms with Gasteiger partial charge >= 0.3 is 5.97 Å². The lowest BCUT2D eigenvalue weighted by Gasteiger charge is -2.27. The third-order valence-corrected chi connectivity index (χ3v) is 4.96. The fourth-order valence-electron chi connectivity index (χ4n) is 1.49. The van der Waals surface area contributed by atoms with E-state index in [4.69, 9.17) is 10.8 Å². The summed E-state index contributed by atoms with van der Waals surface area (Å²) in [5, 5.41) is 10.9. The topological polar surface area (TPSA) is 80.6 Å². The van der Waals surface area contributed by atoms with E-state index >= 15 is 0 Å². The molecule has 2 aromatic heterocycles. The number of nitrogens with two attached hydrogens (primary N) is 1. The molecule has 0 bridgehead atoms. The lowest BCUT2D eigenvalue weighted by atomic mass is 10.1. The summed E-state index contributed by atoms with van der Waals surface area (Å²) in [5.74, 6) is -0.319. The second kappa shape index (κ2) is 4.91. The Bertz CT molecular complexity index is 533. The van der Waals surface area contributed by atoms with Gasteiger partial charge in [-0.25, -0.2) is 4.98 Å². The number of imidazole rings is 1. The third kappa shape index (κ3) is 2.68. The lowest BCUT2D eigenvalue weighted by molar-refractivity contribution is -0.139. The number of thioether (sulfide) groups is 1. The summed E-state index contributed by atoms with van der Waals surface area (Å²) in [7, 11) is 0. The summed E-state index contributed by atoms with van der Waals surface area (Å²) >= 11 is 3.09. The van der Waals surface area contributed by atoms with Crippen LogP contribution in [0.15, 0.2) is 17.8 Å². The first-order chi connectivity index (χ1) is 8.40. The van der Waals surface area contributed by atoms with Crippen molar-refractivity contribution in [3.63, 3.8) is 0 Å². The number of aromatic nitrogens is 2. The zero-order valence-corrected chi connectivity index (χ0v) is 11.8. The van der Waals surface area contributed by atoms with Gasteiger partial charge < -0.3 is 10.8 Å². The molecule has 7 heteroatoms. The van der Waals surface area contributed by atoms with Crippen LogP contribution in [-0.2, 0) is 10.5 Å². The monoisotopic (exact) mass is 285 g/mol. The second-order valence-corrected chi connectivity index (χ2v) is 7.04. The van der Waals surface area contributed by atoms with Crippen molar-refractivity contribution >= 4 is 34.0 Å². The number of hydrogen-bond acceptors (Lipinski definition) is 5. The predicted octanol–water partition coefficient (Wildman–Crippen LogP) is 1.82. The summed E-state index contributed by atoms with van der Waals surface area (Å²) in [6.45, 7) is 3.68. The Kier molecular flexibility index (Phi) is 3.65. The molecule has 0 aliphatic rings. The number of fused-ring (bicyclic) bond motifs is 1. The zero-order valence-electron chi connectivity index (χ0n) is 10.2. The number of carboxylic acids is 1. The molecule has 98 valence electrons. The van der Waals surface area contributed by atoms with Gasteiger partial charge in [-0.1, -0.05) is 0 Å². The van der Waals surface area contributed by atoms with Crippen LogP contribution in [0.1, 0.15) is 19.5 Å². The first-order valence-corrected chi connectivity index (χ1v) is 7.30. The highest BCUT2D eigenvalue weighted by molar-refractivity contribution is 7.99. The lowest BCUT2D eigenvalue weighted by Crippen LogP contribution is -2.46. The molecule has 2 rings (SSSR count). The molecule has 0 aliphatic carbocycles. The molecule has 0 amide bonds. The number of carbonyl (C=O) groups is 1. The molecule has 0 saturated heterocycles. The van der Waals surface area contributed by atoms with Crippen LogP contribution in [0.25, 0.3) is 4.96 Å². The first-order valence-electron chi connectivity index (χ1n) is 5.43. The molecule has 5 nitrogen and oxygen atoms in total. The summed E-state index contributed by atoms with van der Waals surface area (Å²) in [5.41, 5.74) is 6.61. The Morgan fingerprint density at radius 1 is 1.72 bits per heavy atom. The van der Waals surface area contributed by atoms with E-state index in [9.17, 15) is 4.79 Å². The van der Waals surface area contributed by atoms with Gasteiger partial charge in [-0.15, -0.1) is 23.1 Å². The van der Waals surface area contributed by atoms with E-state index in [-0.39, 0.29) is 0 Å².